The van der Waals surface area contributed by atoms with E-state index in [0.29, 0.717) is 0 Å². The first-order valence-electron chi connectivity index (χ1n) is 8.15. The molecule has 0 aliphatic carbocycles. The van der Waals surface area contributed by atoms with Crippen LogP contribution in [0.3, 0.4) is 0 Å². The average molecular weight is 280 g/mol. The minimum Gasteiger partial charge on any atom is -0.462 e. The van der Waals surface area contributed by atoms with Crippen LogP contribution in [0.1, 0.15) is 78.1 Å². The first-order valence-corrected chi connectivity index (χ1v) is 8.15. The van der Waals surface area contributed by atoms with Crippen molar-refractivity contribution in [2.45, 2.75) is 84.2 Å². The maximum Gasteiger partial charge on any atom is 0.302 e. The van der Waals surface area contributed by atoms with Crippen molar-refractivity contribution < 1.29 is 9.53 Å². The van der Waals surface area contributed by atoms with Crippen LogP contribution in [0.25, 0.3) is 0 Å². The smallest absolute Gasteiger partial charge is 0.302 e. The van der Waals surface area contributed by atoms with Gasteiger partial charge in [0.15, 0.2) is 0 Å². The molecule has 2 nitrogen and oxygen atoms in total. The lowest BCUT2D eigenvalue weighted by atomic mass is 10.0. The van der Waals surface area contributed by atoms with E-state index in [-0.39, 0.29) is 12.1 Å². The summed E-state index contributed by atoms with van der Waals surface area (Å²) < 4.78 is 5.33. The lowest BCUT2D eigenvalue weighted by Crippen LogP contribution is -2.15. The highest BCUT2D eigenvalue weighted by atomic mass is 16.5. The summed E-state index contributed by atoms with van der Waals surface area (Å²) in [4.78, 5) is 11.1. The van der Waals surface area contributed by atoms with E-state index in [1.807, 2.05) is 12.2 Å². The second-order valence-electron chi connectivity index (χ2n) is 5.39. The van der Waals surface area contributed by atoms with Crippen LogP contribution in [-0.2, 0) is 9.53 Å². The van der Waals surface area contributed by atoms with Crippen molar-refractivity contribution >= 4 is 5.97 Å². The number of hydrogen-bond donors (Lipinski definition) is 0. The summed E-state index contributed by atoms with van der Waals surface area (Å²) in [5.74, 6) is -0.179. The van der Waals surface area contributed by atoms with Gasteiger partial charge >= 0.3 is 5.97 Å². The summed E-state index contributed by atoms with van der Waals surface area (Å²) in [5, 5.41) is 0. The van der Waals surface area contributed by atoms with Gasteiger partial charge in [0.2, 0.25) is 0 Å². The van der Waals surface area contributed by atoms with Crippen LogP contribution in [-0.4, -0.2) is 12.1 Å². The number of carbonyl (C=O) groups excluding carboxylic acids is 1. The molecule has 0 saturated heterocycles. The van der Waals surface area contributed by atoms with Gasteiger partial charge in [-0.2, -0.15) is 0 Å². The van der Waals surface area contributed by atoms with Gasteiger partial charge in [0.1, 0.15) is 6.10 Å². The largest absolute Gasteiger partial charge is 0.462 e. The first-order chi connectivity index (χ1) is 9.70. The molecule has 0 aromatic heterocycles. The van der Waals surface area contributed by atoms with Gasteiger partial charge < -0.3 is 4.74 Å². The van der Waals surface area contributed by atoms with Crippen molar-refractivity contribution in [3.63, 3.8) is 0 Å². The number of esters is 1. The van der Waals surface area contributed by atoms with Crippen molar-refractivity contribution in [2.24, 2.45) is 0 Å². The molecule has 0 aromatic carbocycles. The normalized spacial score (nSPS) is 12.5. The van der Waals surface area contributed by atoms with Crippen molar-refractivity contribution in [3.8, 4) is 0 Å². The highest BCUT2D eigenvalue weighted by Gasteiger charge is 2.09. The third-order valence-corrected chi connectivity index (χ3v) is 3.38. The minimum absolute atomic E-state index is 0.0313. The molecule has 1 atom stereocenters. The van der Waals surface area contributed by atoms with Gasteiger partial charge in [0.25, 0.3) is 0 Å². The molecule has 0 rings (SSSR count). The maximum absolute atomic E-state index is 11.1. The van der Waals surface area contributed by atoms with Gasteiger partial charge in [-0.25, -0.2) is 0 Å². The third kappa shape index (κ3) is 13.4. The van der Waals surface area contributed by atoms with Gasteiger partial charge in [0.05, 0.1) is 0 Å². The zero-order valence-electron chi connectivity index (χ0n) is 13.4. The van der Waals surface area contributed by atoms with Gasteiger partial charge in [0, 0.05) is 13.3 Å². The predicted octanol–water partition coefficient (Wildman–Crippen LogP) is 5.58. The highest BCUT2D eigenvalue weighted by molar-refractivity contribution is 5.66. The van der Waals surface area contributed by atoms with Crippen molar-refractivity contribution in [2.75, 3.05) is 0 Å². The third-order valence-electron chi connectivity index (χ3n) is 3.38. The van der Waals surface area contributed by atoms with Crippen LogP contribution in [0.5, 0.6) is 0 Å². The zero-order chi connectivity index (χ0) is 15.1. The van der Waals surface area contributed by atoms with E-state index in [1.54, 1.807) is 6.08 Å². The van der Waals surface area contributed by atoms with Gasteiger partial charge in [-0.05, 0) is 12.8 Å². The fourth-order valence-electron chi connectivity index (χ4n) is 2.29. The summed E-state index contributed by atoms with van der Waals surface area (Å²) in [7, 11) is 0. The molecule has 0 spiro atoms. The van der Waals surface area contributed by atoms with Crippen LogP contribution < -0.4 is 0 Å². The summed E-state index contributed by atoms with van der Waals surface area (Å²) in [6.07, 6.45) is 17.9. The molecule has 0 aliphatic heterocycles. The number of rotatable bonds is 13. The quantitative estimate of drug-likeness (QED) is 0.250. The Balaban J connectivity index is 3.65. The molecule has 0 aromatic rings. The number of ether oxygens (including phenoxy) is 1. The van der Waals surface area contributed by atoms with E-state index in [0.717, 1.165) is 19.3 Å². The molecule has 0 fully saturated rings. The zero-order valence-corrected chi connectivity index (χ0v) is 13.4. The number of allylic oxidation sites excluding steroid dienone is 2. The monoisotopic (exact) mass is 280 g/mol. The summed E-state index contributed by atoms with van der Waals surface area (Å²) in [6, 6.07) is 0. The second kappa shape index (κ2) is 14.4. The molecule has 0 aliphatic rings. The molecule has 20 heavy (non-hydrogen) atoms. The lowest BCUT2D eigenvalue weighted by molar-refractivity contribution is -0.146. The fourth-order valence-corrected chi connectivity index (χ4v) is 2.29. The molecule has 0 radical (unpaired) electrons. The Bertz CT molecular complexity index is 269. The molecular formula is C18H32O2. The number of hydrogen-bond acceptors (Lipinski definition) is 2. The molecule has 2 heteroatoms. The number of carbonyl (C=O) groups is 1. The Morgan fingerprint density at radius 2 is 1.70 bits per heavy atom. The molecule has 116 valence electrons. The summed E-state index contributed by atoms with van der Waals surface area (Å²) >= 11 is 0. The summed E-state index contributed by atoms with van der Waals surface area (Å²) in [5.41, 5.74) is 0. The van der Waals surface area contributed by atoms with Gasteiger partial charge in [-0.3, -0.25) is 4.79 Å². The Hall–Kier alpha value is -1.05. The molecule has 0 amide bonds. The lowest BCUT2D eigenvalue weighted by Gasteiger charge is -2.15. The van der Waals surface area contributed by atoms with E-state index in [2.05, 4.69) is 13.5 Å². The van der Waals surface area contributed by atoms with Crippen LogP contribution in [0, 0.1) is 0 Å². The van der Waals surface area contributed by atoms with Crippen LogP contribution in [0.2, 0.25) is 0 Å². The predicted molar refractivity (Wildman–Crippen MR) is 86.7 cm³/mol. The molecule has 0 heterocycles. The Kier molecular flexibility index (Phi) is 13.6. The van der Waals surface area contributed by atoms with E-state index >= 15 is 0 Å². The Morgan fingerprint density at radius 1 is 1.10 bits per heavy atom. The van der Waals surface area contributed by atoms with Crippen LogP contribution >= 0.6 is 0 Å². The van der Waals surface area contributed by atoms with Crippen LogP contribution in [0.4, 0.5) is 0 Å². The van der Waals surface area contributed by atoms with Crippen molar-refractivity contribution in [1.82, 2.24) is 0 Å². The highest BCUT2D eigenvalue weighted by Crippen LogP contribution is 2.14. The molecule has 0 N–H and O–H groups in total. The van der Waals surface area contributed by atoms with E-state index in [9.17, 15) is 4.79 Å². The van der Waals surface area contributed by atoms with Gasteiger partial charge in [-0.15, -0.1) is 0 Å². The van der Waals surface area contributed by atoms with E-state index < -0.39 is 0 Å². The summed E-state index contributed by atoms with van der Waals surface area (Å²) in [6.45, 7) is 7.37. The van der Waals surface area contributed by atoms with E-state index in [1.165, 1.54) is 51.9 Å². The van der Waals surface area contributed by atoms with Gasteiger partial charge in [-0.1, -0.05) is 76.7 Å². The molecule has 1 unspecified atom stereocenters. The molecule has 0 bridgehead atoms. The standard InChI is InChI=1S/C18H32O2/c1-4-6-8-9-10-11-12-14-16-18(20-17(3)19)15-13-7-5-2/h5,7,13,18H,2,4,6,8-12,14-16H2,1,3H3. The average Bonchev–Trinajstić information content (AvgIpc) is 2.41. The second-order valence-corrected chi connectivity index (χ2v) is 5.39. The minimum atomic E-state index is -0.179. The van der Waals surface area contributed by atoms with Crippen LogP contribution in [0.15, 0.2) is 24.8 Å². The topological polar surface area (TPSA) is 26.3 Å². The molecule has 0 saturated carbocycles. The molecular weight excluding hydrogens is 248 g/mol. The maximum atomic E-state index is 11.1. The SMILES string of the molecule is C=CC=CCC(CCCCCCCCCC)OC(C)=O. The van der Waals surface area contributed by atoms with Crippen molar-refractivity contribution in [3.05, 3.63) is 24.8 Å². The first kappa shape index (κ1) is 18.9. The fraction of sp³-hybridized carbons (Fsp3) is 0.722. The van der Waals surface area contributed by atoms with E-state index in [4.69, 9.17) is 4.74 Å². The number of unbranched alkanes of at least 4 members (excludes halogenated alkanes) is 7. The Labute approximate surface area is 125 Å². The van der Waals surface area contributed by atoms with Crippen molar-refractivity contribution in [1.29, 1.82) is 0 Å². The Morgan fingerprint density at radius 3 is 2.25 bits per heavy atom.